The van der Waals surface area contributed by atoms with Crippen molar-refractivity contribution in [3.63, 3.8) is 0 Å². The Hall–Kier alpha value is -1.58. The summed E-state index contributed by atoms with van der Waals surface area (Å²) < 4.78 is 38.7. The van der Waals surface area contributed by atoms with Crippen LogP contribution in [0.4, 0.5) is 0 Å². The molecule has 1 N–H and O–H groups in total. The number of piperazine rings is 1. The number of fused-ring (bicyclic) bond motifs is 3. The molecule has 29 heavy (non-hydrogen) atoms. The molecular weight excluding hydrogens is 410 g/mol. The van der Waals surface area contributed by atoms with Crippen LogP contribution in [0.15, 0.2) is 23.1 Å². The van der Waals surface area contributed by atoms with E-state index in [4.69, 9.17) is 21.7 Å². The van der Waals surface area contributed by atoms with Crippen molar-refractivity contribution in [2.24, 2.45) is 11.8 Å². The van der Waals surface area contributed by atoms with Crippen molar-refractivity contribution < 1.29 is 17.9 Å². The zero-order valence-corrected chi connectivity index (χ0v) is 18.0. The Balaban J connectivity index is 1.20. The van der Waals surface area contributed by atoms with Crippen molar-refractivity contribution in [3.05, 3.63) is 18.2 Å². The number of rotatable bonds is 3. The number of thiocarbonyl (C=S) groups is 1. The Kier molecular flexibility index (Phi) is 5.08. The van der Waals surface area contributed by atoms with Gasteiger partial charge in [-0.1, -0.05) is 6.42 Å². The van der Waals surface area contributed by atoms with Gasteiger partial charge in [0.15, 0.2) is 16.6 Å². The van der Waals surface area contributed by atoms with E-state index >= 15 is 0 Å². The van der Waals surface area contributed by atoms with Crippen LogP contribution in [0.1, 0.15) is 25.7 Å². The van der Waals surface area contributed by atoms with E-state index in [-0.39, 0.29) is 4.90 Å². The first-order valence-electron chi connectivity index (χ1n) is 10.5. The van der Waals surface area contributed by atoms with Crippen LogP contribution in [0.5, 0.6) is 11.5 Å². The lowest BCUT2D eigenvalue weighted by Gasteiger charge is -2.37. The summed E-state index contributed by atoms with van der Waals surface area (Å²) in [5.41, 5.74) is 0. The van der Waals surface area contributed by atoms with Gasteiger partial charge in [0.2, 0.25) is 10.0 Å². The van der Waals surface area contributed by atoms with Gasteiger partial charge in [0.25, 0.3) is 0 Å². The third-order valence-corrected chi connectivity index (χ3v) is 8.99. The highest BCUT2D eigenvalue weighted by Crippen LogP contribution is 2.44. The fourth-order valence-corrected chi connectivity index (χ4v) is 6.91. The van der Waals surface area contributed by atoms with Crippen LogP contribution in [-0.2, 0) is 10.0 Å². The number of sulfonamides is 1. The topological polar surface area (TPSA) is 71.1 Å². The molecule has 2 aliphatic heterocycles. The van der Waals surface area contributed by atoms with Crippen molar-refractivity contribution in [3.8, 4) is 11.5 Å². The Morgan fingerprint density at radius 2 is 1.79 bits per heavy atom. The standard InChI is InChI=1S/C20H27N3O4S2/c24-29(25,16-3-4-18-19(13-16)27-10-9-26-18)23-7-5-22(6-8-23)20(28)21-17-12-14-1-2-15(17)11-14/h3-4,13-15,17H,1-2,5-12H2,(H,21,28)/t14-,15-,17+/m0/s1. The van der Waals surface area contributed by atoms with Crippen LogP contribution < -0.4 is 14.8 Å². The highest BCUT2D eigenvalue weighted by molar-refractivity contribution is 7.89. The van der Waals surface area contributed by atoms with Gasteiger partial charge in [-0.15, -0.1) is 0 Å². The SMILES string of the molecule is O=S(=O)(c1ccc2c(c1)OCCO2)N1CCN(C(=S)N[C@@H]2C[C@H]3CC[C@H]2C3)CC1. The molecule has 1 aromatic rings. The molecule has 1 aromatic carbocycles. The van der Waals surface area contributed by atoms with Crippen molar-refractivity contribution in [1.29, 1.82) is 0 Å². The molecule has 2 saturated carbocycles. The van der Waals surface area contributed by atoms with E-state index in [0.717, 1.165) is 16.9 Å². The highest BCUT2D eigenvalue weighted by atomic mass is 32.2. The van der Waals surface area contributed by atoms with E-state index in [0.29, 0.717) is 56.9 Å². The molecule has 1 saturated heterocycles. The van der Waals surface area contributed by atoms with Gasteiger partial charge in [0, 0.05) is 38.3 Å². The second-order valence-electron chi connectivity index (χ2n) is 8.43. The largest absolute Gasteiger partial charge is 0.486 e. The lowest BCUT2D eigenvalue weighted by atomic mass is 9.95. The van der Waals surface area contributed by atoms with Crippen molar-refractivity contribution in [1.82, 2.24) is 14.5 Å². The number of ether oxygens (including phenoxy) is 2. The minimum absolute atomic E-state index is 0.248. The number of hydrogen-bond acceptors (Lipinski definition) is 5. The molecule has 7 nitrogen and oxygen atoms in total. The minimum Gasteiger partial charge on any atom is -0.486 e. The molecule has 9 heteroatoms. The van der Waals surface area contributed by atoms with Crippen LogP contribution in [0.3, 0.4) is 0 Å². The predicted molar refractivity (Wildman–Crippen MR) is 113 cm³/mol. The Labute approximate surface area is 177 Å². The van der Waals surface area contributed by atoms with Gasteiger partial charge in [-0.25, -0.2) is 8.42 Å². The van der Waals surface area contributed by atoms with Crippen LogP contribution >= 0.6 is 12.2 Å². The lowest BCUT2D eigenvalue weighted by molar-refractivity contribution is 0.171. The highest BCUT2D eigenvalue weighted by Gasteiger charge is 2.40. The maximum Gasteiger partial charge on any atom is 0.243 e. The van der Waals surface area contributed by atoms with E-state index in [2.05, 4.69) is 10.2 Å². The van der Waals surface area contributed by atoms with Gasteiger partial charge in [-0.05, 0) is 55.4 Å². The number of nitrogens with zero attached hydrogens (tertiary/aromatic N) is 2. The normalized spacial score (nSPS) is 29.1. The van der Waals surface area contributed by atoms with E-state index in [9.17, 15) is 8.42 Å². The van der Waals surface area contributed by atoms with Crippen LogP contribution in [0, 0.1) is 11.8 Å². The molecule has 3 atom stereocenters. The third-order valence-electron chi connectivity index (χ3n) is 6.72. The number of hydrogen-bond donors (Lipinski definition) is 1. The predicted octanol–water partition coefficient (Wildman–Crippen LogP) is 1.83. The molecule has 0 unspecified atom stereocenters. The van der Waals surface area contributed by atoms with Crippen LogP contribution in [0.2, 0.25) is 0 Å². The van der Waals surface area contributed by atoms with Gasteiger partial charge >= 0.3 is 0 Å². The summed E-state index contributed by atoms with van der Waals surface area (Å²) in [4.78, 5) is 2.36. The summed E-state index contributed by atoms with van der Waals surface area (Å²) in [6.07, 6.45) is 5.24. The maximum atomic E-state index is 13.1. The molecule has 158 valence electrons. The summed E-state index contributed by atoms with van der Waals surface area (Å²) >= 11 is 5.64. The quantitative estimate of drug-likeness (QED) is 0.724. The molecule has 2 bridgehead atoms. The zero-order chi connectivity index (χ0) is 20.0. The summed E-state index contributed by atoms with van der Waals surface area (Å²) in [5.74, 6) is 2.72. The van der Waals surface area contributed by atoms with Gasteiger partial charge < -0.3 is 19.7 Å². The molecular formula is C20H27N3O4S2. The molecule has 2 heterocycles. The summed E-state index contributed by atoms with van der Waals surface area (Å²) in [6.45, 7) is 2.98. The van der Waals surface area contributed by atoms with Crippen LogP contribution in [0.25, 0.3) is 0 Å². The first-order chi connectivity index (χ1) is 14.0. The number of benzene rings is 1. The molecule has 4 aliphatic rings. The fraction of sp³-hybridized carbons (Fsp3) is 0.650. The Morgan fingerprint density at radius 1 is 1.03 bits per heavy atom. The van der Waals surface area contributed by atoms with E-state index in [1.807, 2.05) is 0 Å². The van der Waals surface area contributed by atoms with Gasteiger partial charge in [0.1, 0.15) is 13.2 Å². The summed E-state index contributed by atoms with van der Waals surface area (Å²) in [5, 5.41) is 4.34. The second-order valence-corrected chi connectivity index (χ2v) is 10.8. The molecule has 0 amide bonds. The summed E-state index contributed by atoms with van der Waals surface area (Å²) in [6, 6.07) is 5.33. The van der Waals surface area contributed by atoms with Crippen molar-refractivity contribution in [2.75, 3.05) is 39.4 Å². The third kappa shape index (κ3) is 3.68. The molecule has 0 radical (unpaired) electrons. The summed E-state index contributed by atoms with van der Waals surface area (Å²) in [7, 11) is -3.57. The van der Waals surface area contributed by atoms with E-state index < -0.39 is 10.0 Å². The second kappa shape index (κ2) is 7.59. The van der Waals surface area contributed by atoms with Gasteiger partial charge in [-0.3, -0.25) is 0 Å². The van der Waals surface area contributed by atoms with E-state index in [1.54, 1.807) is 18.2 Å². The lowest BCUT2D eigenvalue weighted by Crippen LogP contribution is -2.54. The average molecular weight is 438 g/mol. The van der Waals surface area contributed by atoms with Crippen molar-refractivity contribution in [2.45, 2.75) is 36.6 Å². The van der Waals surface area contributed by atoms with Gasteiger partial charge in [-0.2, -0.15) is 4.31 Å². The zero-order valence-electron chi connectivity index (χ0n) is 16.4. The maximum absolute atomic E-state index is 13.1. The minimum atomic E-state index is -3.57. The first-order valence-corrected chi connectivity index (χ1v) is 12.3. The molecule has 0 aromatic heterocycles. The molecule has 5 rings (SSSR count). The first kappa shape index (κ1) is 19.4. The molecule has 2 aliphatic carbocycles. The monoisotopic (exact) mass is 437 g/mol. The Morgan fingerprint density at radius 3 is 2.48 bits per heavy atom. The Bertz CT molecular complexity index is 899. The van der Waals surface area contributed by atoms with Gasteiger partial charge in [0.05, 0.1) is 4.90 Å². The number of nitrogens with one attached hydrogen (secondary N) is 1. The average Bonchev–Trinajstić information content (AvgIpc) is 3.36. The fourth-order valence-electron chi connectivity index (χ4n) is 5.14. The molecule has 0 spiro atoms. The van der Waals surface area contributed by atoms with E-state index in [1.165, 1.54) is 30.0 Å². The smallest absolute Gasteiger partial charge is 0.243 e. The van der Waals surface area contributed by atoms with Crippen LogP contribution in [-0.4, -0.2) is 68.2 Å². The van der Waals surface area contributed by atoms with Crippen molar-refractivity contribution >= 4 is 27.4 Å². The molecule has 3 fully saturated rings.